The molecular formula is C15H22N2O2. The molecule has 1 aromatic carbocycles. The number of hydrogen-bond donors (Lipinski definition) is 3. The third kappa shape index (κ3) is 4.04. The van der Waals surface area contributed by atoms with Crippen molar-refractivity contribution in [3.63, 3.8) is 0 Å². The molecule has 2 rings (SSSR count). The quantitative estimate of drug-likeness (QED) is 0.766. The first-order valence-corrected chi connectivity index (χ1v) is 6.93. The number of hydrogen-bond acceptors (Lipinski definition) is 3. The van der Waals surface area contributed by atoms with Crippen LogP contribution in [0.15, 0.2) is 30.3 Å². The van der Waals surface area contributed by atoms with Crippen LogP contribution in [-0.4, -0.2) is 23.6 Å². The summed E-state index contributed by atoms with van der Waals surface area (Å²) < 4.78 is 0. The van der Waals surface area contributed by atoms with Crippen LogP contribution in [0.2, 0.25) is 0 Å². The van der Waals surface area contributed by atoms with Crippen molar-refractivity contribution < 1.29 is 9.90 Å². The maximum atomic E-state index is 12.0. The summed E-state index contributed by atoms with van der Waals surface area (Å²) in [4.78, 5) is 12.0. The number of benzene rings is 1. The van der Waals surface area contributed by atoms with Gasteiger partial charge in [-0.3, -0.25) is 4.79 Å². The third-order valence-electron chi connectivity index (χ3n) is 3.80. The number of aliphatic hydroxyl groups is 1. The van der Waals surface area contributed by atoms with Gasteiger partial charge in [0.15, 0.2) is 0 Å². The zero-order valence-electron chi connectivity index (χ0n) is 11.1. The molecule has 0 aromatic heterocycles. The van der Waals surface area contributed by atoms with Crippen molar-refractivity contribution in [3.8, 4) is 0 Å². The maximum Gasteiger partial charge on any atom is 0.223 e. The summed E-state index contributed by atoms with van der Waals surface area (Å²) in [6.45, 7) is 0.269. The van der Waals surface area contributed by atoms with Gasteiger partial charge >= 0.3 is 0 Å². The van der Waals surface area contributed by atoms with Crippen LogP contribution >= 0.6 is 0 Å². The van der Waals surface area contributed by atoms with Crippen molar-refractivity contribution in [2.45, 2.75) is 37.8 Å². The van der Waals surface area contributed by atoms with E-state index < -0.39 is 6.10 Å². The summed E-state index contributed by atoms with van der Waals surface area (Å²) in [6, 6.07) is 9.62. The molecule has 1 atom stereocenters. The molecule has 0 aliphatic heterocycles. The number of carbonyl (C=O) groups is 1. The lowest BCUT2D eigenvalue weighted by molar-refractivity contribution is -0.126. The lowest BCUT2D eigenvalue weighted by Gasteiger charge is -2.25. The van der Waals surface area contributed by atoms with Crippen molar-refractivity contribution in [1.82, 2.24) is 5.32 Å². The van der Waals surface area contributed by atoms with Crippen LogP contribution in [0.5, 0.6) is 0 Å². The Morgan fingerprint density at radius 1 is 1.26 bits per heavy atom. The van der Waals surface area contributed by atoms with Crippen molar-refractivity contribution in [3.05, 3.63) is 35.9 Å². The summed E-state index contributed by atoms with van der Waals surface area (Å²) >= 11 is 0. The molecule has 0 radical (unpaired) electrons. The molecule has 4 N–H and O–H groups in total. The zero-order valence-corrected chi connectivity index (χ0v) is 11.1. The molecule has 1 aromatic rings. The molecule has 1 unspecified atom stereocenters. The molecule has 1 saturated carbocycles. The fourth-order valence-corrected chi connectivity index (χ4v) is 2.52. The van der Waals surface area contributed by atoms with Crippen LogP contribution in [0.1, 0.15) is 37.4 Å². The minimum Gasteiger partial charge on any atom is -0.387 e. The van der Waals surface area contributed by atoms with Gasteiger partial charge in [-0.2, -0.15) is 0 Å². The predicted octanol–water partition coefficient (Wildman–Crippen LogP) is 1.35. The molecule has 0 bridgehead atoms. The highest BCUT2D eigenvalue weighted by Crippen LogP contribution is 2.23. The van der Waals surface area contributed by atoms with E-state index in [1.807, 2.05) is 30.3 Å². The number of amides is 1. The molecule has 4 nitrogen and oxygen atoms in total. The van der Waals surface area contributed by atoms with Crippen LogP contribution in [0.3, 0.4) is 0 Å². The van der Waals surface area contributed by atoms with E-state index in [2.05, 4.69) is 5.32 Å². The zero-order chi connectivity index (χ0) is 13.7. The van der Waals surface area contributed by atoms with Crippen LogP contribution < -0.4 is 11.1 Å². The summed E-state index contributed by atoms with van der Waals surface area (Å²) in [5.41, 5.74) is 6.65. The minimum absolute atomic E-state index is 0.0434. The minimum atomic E-state index is -0.643. The van der Waals surface area contributed by atoms with E-state index >= 15 is 0 Å². The summed E-state index contributed by atoms with van der Waals surface area (Å²) in [5.74, 6) is 0.102. The van der Waals surface area contributed by atoms with E-state index in [0.29, 0.717) is 0 Å². The molecule has 1 fully saturated rings. The Balaban J connectivity index is 1.77. The Bertz CT molecular complexity index is 400. The van der Waals surface area contributed by atoms with Crippen LogP contribution in [-0.2, 0) is 4.79 Å². The van der Waals surface area contributed by atoms with Gasteiger partial charge in [-0.1, -0.05) is 30.3 Å². The molecule has 1 aliphatic rings. The second kappa shape index (κ2) is 6.68. The highest BCUT2D eigenvalue weighted by molar-refractivity contribution is 5.78. The van der Waals surface area contributed by atoms with E-state index in [1.54, 1.807) is 0 Å². The molecule has 0 heterocycles. The standard InChI is InChI=1S/C15H22N2O2/c16-13-8-6-12(7-9-13)15(19)17-10-14(18)11-4-2-1-3-5-11/h1-5,12-14,18H,6-10,16H2,(H,17,19). The lowest BCUT2D eigenvalue weighted by Crippen LogP contribution is -2.37. The van der Waals surface area contributed by atoms with Gasteiger partial charge in [-0.25, -0.2) is 0 Å². The molecule has 1 aliphatic carbocycles. The van der Waals surface area contributed by atoms with Crippen molar-refractivity contribution in [2.24, 2.45) is 11.7 Å². The molecule has 19 heavy (non-hydrogen) atoms. The van der Waals surface area contributed by atoms with Gasteiger partial charge in [0.25, 0.3) is 0 Å². The Labute approximate surface area is 114 Å². The molecular weight excluding hydrogens is 240 g/mol. The maximum absolute atomic E-state index is 12.0. The Morgan fingerprint density at radius 2 is 1.89 bits per heavy atom. The van der Waals surface area contributed by atoms with Crippen LogP contribution in [0.25, 0.3) is 0 Å². The fraction of sp³-hybridized carbons (Fsp3) is 0.533. The fourth-order valence-electron chi connectivity index (χ4n) is 2.52. The normalized spacial score (nSPS) is 24.7. The average Bonchev–Trinajstić information content (AvgIpc) is 2.46. The lowest BCUT2D eigenvalue weighted by atomic mass is 9.86. The van der Waals surface area contributed by atoms with Gasteiger partial charge in [0.2, 0.25) is 5.91 Å². The number of nitrogens with two attached hydrogens (primary N) is 1. The average molecular weight is 262 g/mol. The van der Waals surface area contributed by atoms with E-state index in [1.165, 1.54) is 0 Å². The highest BCUT2D eigenvalue weighted by atomic mass is 16.3. The number of nitrogens with one attached hydrogen (secondary N) is 1. The summed E-state index contributed by atoms with van der Waals surface area (Å²) in [6.07, 6.45) is 2.90. The van der Waals surface area contributed by atoms with Gasteiger partial charge in [0.05, 0.1) is 6.10 Å². The third-order valence-corrected chi connectivity index (χ3v) is 3.80. The number of aliphatic hydroxyl groups excluding tert-OH is 1. The predicted molar refractivity (Wildman–Crippen MR) is 74.3 cm³/mol. The molecule has 4 heteroatoms. The van der Waals surface area contributed by atoms with Crippen molar-refractivity contribution >= 4 is 5.91 Å². The van der Waals surface area contributed by atoms with E-state index in [4.69, 9.17) is 5.73 Å². The second-order valence-corrected chi connectivity index (χ2v) is 5.28. The monoisotopic (exact) mass is 262 g/mol. The Hall–Kier alpha value is -1.39. The van der Waals surface area contributed by atoms with Gasteiger partial charge in [0, 0.05) is 18.5 Å². The topological polar surface area (TPSA) is 75.4 Å². The summed E-state index contributed by atoms with van der Waals surface area (Å²) in [5, 5.41) is 12.8. The first kappa shape index (κ1) is 14.0. The van der Waals surface area contributed by atoms with Crippen LogP contribution in [0, 0.1) is 5.92 Å². The van der Waals surface area contributed by atoms with Gasteiger partial charge in [-0.05, 0) is 31.2 Å². The first-order valence-electron chi connectivity index (χ1n) is 6.93. The van der Waals surface area contributed by atoms with E-state index in [0.717, 1.165) is 31.2 Å². The molecule has 0 spiro atoms. The van der Waals surface area contributed by atoms with Crippen LogP contribution in [0.4, 0.5) is 0 Å². The summed E-state index contributed by atoms with van der Waals surface area (Å²) in [7, 11) is 0. The first-order chi connectivity index (χ1) is 9.16. The Morgan fingerprint density at radius 3 is 2.53 bits per heavy atom. The van der Waals surface area contributed by atoms with Gasteiger partial charge in [-0.15, -0.1) is 0 Å². The number of carbonyl (C=O) groups excluding carboxylic acids is 1. The van der Waals surface area contributed by atoms with E-state index in [9.17, 15) is 9.90 Å². The largest absolute Gasteiger partial charge is 0.387 e. The second-order valence-electron chi connectivity index (χ2n) is 5.28. The van der Waals surface area contributed by atoms with E-state index in [-0.39, 0.29) is 24.4 Å². The van der Waals surface area contributed by atoms with Crippen molar-refractivity contribution in [2.75, 3.05) is 6.54 Å². The molecule has 1 amide bonds. The highest BCUT2D eigenvalue weighted by Gasteiger charge is 2.24. The smallest absolute Gasteiger partial charge is 0.223 e. The van der Waals surface area contributed by atoms with Crippen molar-refractivity contribution in [1.29, 1.82) is 0 Å². The number of rotatable bonds is 4. The Kier molecular flexibility index (Phi) is 4.93. The SMILES string of the molecule is NC1CCC(C(=O)NCC(O)c2ccccc2)CC1. The molecule has 0 saturated heterocycles. The molecule has 104 valence electrons. The van der Waals surface area contributed by atoms with Gasteiger partial charge < -0.3 is 16.2 Å². The van der Waals surface area contributed by atoms with Gasteiger partial charge in [0.1, 0.15) is 0 Å².